The molecule has 7 rings (SSSR count). The van der Waals surface area contributed by atoms with E-state index in [1.807, 2.05) is 6.07 Å². The highest BCUT2D eigenvalue weighted by Crippen LogP contribution is 2.39. The molecule has 2 nitrogen and oxygen atoms in total. The largest absolute Gasteiger partial charge is 0.456 e. The zero-order chi connectivity index (χ0) is 21.8. The van der Waals surface area contributed by atoms with E-state index in [1.54, 1.807) is 0 Å². The Morgan fingerprint density at radius 3 is 2.12 bits per heavy atom. The molecule has 33 heavy (non-hydrogen) atoms. The van der Waals surface area contributed by atoms with Crippen LogP contribution in [0.2, 0.25) is 0 Å². The van der Waals surface area contributed by atoms with Crippen molar-refractivity contribution in [3.8, 4) is 22.3 Å². The molecule has 0 atom stereocenters. The molecule has 0 aliphatic heterocycles. The fraction of sp³-hybridized carbons (Fsp3) is 0.0323. The van der Waals surface area contributed by atoms with Gasteiger partial charge < -0.3 is 9.73 Å². The average molecular weight is 424 g/mol. The Balaban J connectivity index is 1.28. The first-order chi connectivity index (χ1) is 16.3. The number of rotatable bonds is 3. The molecule has 0 bridgehead atoms. The van der Waals surface area contributed by atoms with Crippen LogP contribution in [-0.2, 0) is 6.42 Å². The molecular formula is C31H21NO. The predicted molar refractivity (Wildman–Crippen MR) is 137 cm³/mol. The monoisotopic (exact) mass is 423 g/mol. The Morgan fingerprint density at radius 1 is 0.515 bits per heavy atom. The van der Waals surface area contributed by atoms with E-state index in [-0.39, 0.29) is 0 Å². The van der Waals surface area contributed by atoms with E-state index in [2.05, 4.69) is 108 Å². The molecule has 1 N–H and O–H groups in total. The number of nitrogens with one attached hydrogen (secondary N) is 1. The van der Waals surface area contributed by atoms with Crippen molar-refractivity contribution >= 4 is 33.3 Å². The summed E-state index contributed by atoms with van der Waals surface area (Å²) >= 11 is 0. The van der Waals surface area contributed by atoms with Crippen molar-refractivity contribution in [3.63, 3.8) is 0 Å². The quantitative estimate of drug-likeness (QED) is 0.308. The molecule has 0 unspecified atom stereocenters. The molecule has 0 saturated carbocycles. The van der Waals surface area contributed by atoms with E-state index in [9.17, 15) is 0 Å². The predicted octanol–water partition coefficient (Wildman–Crippen LogP) is 8.57. The summed E-state index contributed by atoms with van der Waals surface area (Å²) in [5.74, 6) is 0. The fourth-order valence-electron chi connectivity index (χ4n) is 5.03. The van der Waals surface area contributed by atoms with E-state index in [0.29, 0.717) is 0 Å². The summed E-state index contributed by atoms with van der Waals surface area (Å²) in [5.41, 5.74) is 11.9. The van der Waals surface area contributed by atoms with E-state index >= 15 is 0 Å². The number of hydrogen-bond acceptors (Lipinski definition) is 2. The first kappa shape index (κ1) is 18.3. The lowest BCUT2D eigenvalue weighted by Gasteiger charge is -2.09. The summed E-state index contributed by atoms with van der Waals surface area (Å²) in [4.78, 5) is 0. The molecular weight excluding hydrogens is 402 g/mol. The molecule has 1 aliphatic rings. The first-order valence-electron chi connectivity index (χ1n) is 11.3. The van der Waals surface area contributed by atoms with Gasteiger partial charge in [-0.3, -0.25) is 0 Å². The van der Waals surface area contributed by atoms with Crippen molar-refractivity contribution < 1.29 is 4.42 Å². The van der Waals surface area contributed by atoms with Gasteiger partial charge in [-0.05, 0) is 82.3 Å². The van der Waals surface area contributed by atoms with Gasteiger partial charge >= 0.3 is 0 Å². The zero-order valence-corrected chi connectivity index (χ0v) is 18.0. The molecule has 1 heterocycles. The summed E-state index contributed by atoms with van der Waals surface area (Å²) in [7, 11) is 0. The zero-order valence-electron chi connectivity index (χ0n) is 18.0. The number of anilines is 2. The molecule has 5 aromatic carbocycles. The summed E-state index contributed by atoms with van der Waals surface area (Å²) in [6, 6.07) is 38.6. The Labute approximate surface area is 192 Å². The lowest BCUT2D eigenvalue weighted by molar-refractivity contribution is 0.669. The highest BCUT2D eigenvalue weighted by Gasteiger charge is 2.18. The maximum atomic E-state index is 6.12. The van der Waals surface area contributed by atoms with Crippen LogP contribution in [0.4, 0.5) is 11.4 Å². The molecule has 1 aliphatic carbocycles. The van der Waals surface area contributed by atoms with Crippen molar-refractivity contribution in [1.82, 2.24) is 0 Å². The minimum absolute atomic E-state index is 0.906. The van der Waals surface area contributed by atoms with Gasteiger partial charge in [0.2, 0.25) is 0 Å². The average Bonchev–Trinajstić information content (AvgIpc) is 3.42. The lowest BCUT2D eigenvalue weighted by Crippen LogP contribution is -1.91. The Hall–Kier alpha value is -4.30. The van der Waals surface area contributed by atoms with E-state index < -0.39 is 0 Å². The van der Waals surface area contributed by atoms with Gasteiger partial charge in [-0.2, -0.15) is 0 Å². The molecule has 6 aromatic rings. The standard InChI is InChI=1S/C31H21NO/c1-2-6-20(7-3-1)21-11-14-30-28(17-21)29-19-25(13-15-31(29)33-30)32-24-12-10-23-16-22-8-4-5-9-26(22)27(23)18-24/h1-15,17-19,32H,16H2. The number of hydrogen-bond donors (Lipinski definition) is 1. The highest BCUT2D eigenvalue weighted by atomic mass is 16.3. The molecule has 2 heteroatoms. The lowest BCUT2D eigenvalue weighted by atomic mass is 10.0. The number of furan rings is 1. The number of benzene rings is 5. The molecule has 156 valence electrons. The second-order valence-corrected chi connectivity index (χ2v) is 8.72. The second kappa shape index (κ2) is 7.11. The third kappa shape index (κ3) is 3.03. The molecule has 0 saturated heterocycles. The van der Waals surface area contributed by atoms with Crippen LogP contribution in [0.3, 0.4) is 0 Å². The van der Waals surface area contributed by atoms with Crippen molar-refractivity contribution in [2.24, 2.45) is 0 Å². The minimum atomic E-state index is 0.906. The summed E-state index contributed by atoms with van der Waals surface area (Å²) < 4.78 is 6.12. The van der Waals surface area contributed by atoms with Crippen LogP contribution in [-0.4, -0.2) is 0 Å². The Kier molecular flexibility index (Phi) is 3.94. The van der Waals surface area contributed by atoms with Crippen LogP contribution in [0.15, 0.2) is 114 Å². The Morgan fingerprint density at radius 2 is 1.21 bits per heavy atom. The van der Waals surface area contributed by atoms with E-state index in [4.69, 9.17) is 4.42 Å². The highest BCUT2D eigenvalue weighted by molar-refractivity contribution is 6.07. The normalized spacial score (nSPS) is 12.1. The van der Waals surface area contributed by atoms with Crippen LogP contribution < -0.4 is 5.32 Å². The van der Waals surface area contributed by atoms with Crippen molar-refractivity contribution in [3.05, 3.63) is 120 Å². The van der Waals surface area contributed by atoms with Gasteiger partial charge in [-0.25, -0.2) is 0 Å². The SMILES string of the molecule is c1ccc(-c2ccc3oc4ccc(Nc5ccc6c(c5)-c5ccccc5C6)cc4c3c2)cc1. The Bertz CT molecular complexity index is 1660. The molecule has 0 fully saturated rings. The van der Waals surface area contributed by atoms with Gasteiger partial charge in [0.05, 0.1) is 0 Å². The summed E-state index contributed by atoms with van der Waals surface area (Å²) in [6.07, 6.45) is 1.02. The first-order valence-corrected chi connectivity index (χ1v) is 11.3. The van der Waals surface area contributed by atoms with Crippen LogP contribution in [0, 0.1) is 0 Å². The topological polar surface area (TPSA) is 25.2 Å². The summed E-state index contributed by atoms with van der Waals surface area (Å²) in [6.45, 7) is 0. The van der Waals surface area contributed by atoms with Gasteiger partial charge in [-0.1, -0.05) is 66.7 Å². The minimum Gasteiger partial charge on any atom is -0.456 e. The maximum Gasteiger partial charge on any atom is 0.135 e. The third-order valence-electron chi connectivity index (χ3n) is 6.66. The van der Waals surface area contributed by atoms with Gasteiger partial charge in [0.25, 0.3) is 0 Å². The molecule has 0 amide bonds. The smallest absolute Gasteiger partial charge is 0.135 e. The van der Waals surface area contributed by atoms with Gasteiger partial charge in [0.1, 0.15) is 11.2 Å². The summed E-state index contributed by atoms with van der Waals surface area (Å²) in [5, 5.41) is 5.88. The van der Waals surface area contributed by atoms with E-state index in [0.717, 1.165) is 39.7 Å². The van der Waals surface area contributed by atoms with Crippen LogP contribution in [0.5, 0.6) is 0 Å². The van der Waals surface area contributed by atoms with Crippen LogP contribution in [0.1, 0.15) is 11.1 Å². The maximum absolute atomic E-state index is 6.12. The van der Waals surface area contributed by atoms with Gasteiger partial charge in [0.15, 0.2) is 0 Å². The second-order valence-electron chi connectivity index (χ2n) is 8.72. The van der Waals surface area contributed by atoms with Crippen molar-refractivity contribution in [2.75, 3.05) is 5.32 Å². The van der Waals surface area contributed by atoms with E-state index in [1.165, 1.54) is 33.4 Å². The van der Waals surface area contributed by atoms with Gasteiger partial charge in [0, 0.05) is 22.1 Å². The number of fused-ring (bicyclic) bond motifs is 6. The molecule has 0 spiro atoms. The van der Waals surface area contributed by atoms with Gasteiger partial charge in [-0.15, -0.1) is 0 Å². The van der Waals surface area contributed by atoms with Crippen LogP contribution >= 0.6 is 0 Å². The third-order valence-corrected chi connectivity index (χ3v) is 6.66. The van der Waals surface area contributed by atoms with Crippen molar-refractivity contribution in [2.45, 2.75) is 6.42 Å². The molecule has 1 aromatic heterocycles. The van der Waals surface area contributed by atoms with Crippen molar-refractivity contribution in [1.29, 1.82) is 0 Å². The molecule has 0 radical (unpaired) electrons. The fourth-order valence-corrected chi connectivity index (χ4v) is 5.03. The van der Waals surface area contributed by atoms with Crippen LogP contribution in [0.25, 0.3) is 44.2 Å².